The summed E-state index contributed by atoms with van der Waals surface area (Å²) in [5, 5.41) is 3.95. The van der Waals surface area contributed by atoms with Crippen molar-refractivity contribution in [3.8, 4) is 5.75 Å². The Morgan fingerprint density at radius 2 is 2.17 bits per heavy atom. The average molecular weight is 347 g/mol. The summed E-state index contributed by atoms with van der Waals surface area (Å²) in [6.07, 6.45) is 3.22. The van der Waals surface area contributed by atoms with Crippen LogP contribution in [0, 0.1) is 18.7 Å². The van der Waals surface area contributed by atoms with Crippen LogP contribution in [-0.4, -0.2) is 39.1 Å². The van der Waals surface area contributed by atoms with E-state index in [1.165, 1.54) is 12.1 Å². The van der Waals surface area contributed by atoms with Crippen molar-refractivity contribution in [1.82, 2.24) is 14.5 Å². The van der Waals surface area contributed by atoms with Crippen molar-refractivity contribution in [2.24, 2.45) is 5.92 Å². The van der Waals surface area contributed by atoms with Crippen LogP contribution < -0.4 is 4.74 Å². The van der Waals surface area contributed by atoms with Gasteiger partial charge in [-0.25, -0.2) is 4.39 Å². The molecular weight excluding hydrogens is 329 g/mol. The molecular formula is C17H18FN3O2S. The number of likely N-dealkylation sites (tertiary alicyclic amines) is 1. The Morgan fingerprint density at radius 3 is 2.88 bits per heavy atom. The molecule has 0 N–H and O–H groups in total. The standard InChI is InChI=1S/C17H18FN3O2S/c1-10-16(24-20-19-10)17(22)21-13-5-2-11(8-13)15(21)9-23-14-6-3-12(18)4-7-14/h3-4,6-7,11,13,15H,2,5,8-9H2,1H3/t11?,13?,15-/m1/s1. The minimum atomic E-state index is -0.285. The molecule has 24 heavy (non-hydrogen) atoms. The Hall–Kier alpha value is -2.02. The van der Waals surface area contributed by atoms with E-state index in [4.69, 9.17) is 4.74 Å². The SMILES string of the molecule is Cc1nnsc1C(=O)N1C2CCC(C2)[C@H]1COc1ccc(F)cc1. The Morgan fingerprint density at radius 1 is 1.38 bits per heavy atom. The number of benzene rings is 1. The van der Waals surface area contributed by atoms with Crippen molar-refractivity contribution < 1.29 is 13.9 Å². The zero-order chi connectivity index (χ0) is 16.7. The van der Waals surface area contributed by atoms with Crippen LogP contribution in [0.25, 0.3) is 0 Å². The molecule has 1 aromatic carbocycles. The first-order chi connectivity index (χ1) is 11.6. The molecule has 126 valence electrons. The largest absolute Gasteiger partial charge is 0.491 e. The van der Waals surface area contributed by atoms with Gasteiger partial charge in [0.05, 0.1) is 11.7 Å². The van der Waals surface area contributed by atoms with Crippen molar-refractivity contribution >= 4 is 17.4 Å². The predicted molar refractivity (Wildman–Crippen MR) is 87.6 cm³/mol. The van der Waals surface area contributed by atoms with Gasteiger partial charge in [0.1, 0.15) is 23.1 Å². The maximum Gasteiger partial charge on any atom is 0.268 e. The topological polar surface area (TPSA) is 55.3 Å². The van der Waals surface area contributed by atoms with Gasteiger partial charge in [-0.05, 0) is 67.9 Å². The Bertz CT molecular complexity index is 749. The lowest BCUT2D eigenvalue weighted by molar-refractivity contribution is 0.0509. The minimum absolute atomic E-state index is 0.0161. The van der Waals surface area contributed by atoms with Crippen molar-refractivity contribution in [3.63, 3.8) is 0 Å². The van der Waals surface area contributed by atoms with Crippen LogP contribution in [-0.2, 0) is 0 Å². The highest BCUT2D eigenvalue weighted by Crippen LogP contribution is 2.43. The number of aryl methyl sites for hydroxylation is 1. The van der Waals surface area contributed by atoms with Crippen LogP contribution in [0.4, 0.5) is 4.39 Å². The number of carbonyl (C=O) groups is 1. The molecule has 1 aliphatic heterocycles. The Labute approximate surface area is 143 Å². The monoisotopic (exact) mass is 347 g/mol. The van der Waals surface area contributed by atoms with Gasteiger partial charge in [0.2, 0.25) is 0 Å². The number of carbonyl (C=O) groups excluding carboxylic acids is 1. The second-order valence-electron chi connectivity index (χ2n) is 6.46. The number of fused-ring (bicyclic) bond motifs is 2. The number of amides is 1. The minimum Gasteiger partial charge on any atom is -0.491 e. The van der Waals surface area contributed by atoms with Gasteiger partial charge in [-0.3, -0.25) is 4.79 Å². The molecule has 0 spiro atoms. The number of halogens is 1. The van der Waals surface area contributed by atoms with Gasteiger partial charge in [-0.2, -0.15) is 0 Å². The summed E-state index contributed by atoms with van der Waals surface area (Å²) in [5.41, 5.74) is 0.686. The zero-order valence-corrected chi connectivity index (χ0v) is 14.1. The third-order valence-corrected chi connectivity index (χ3v) is 5.87. The molecule has 5 nitrogen and oxygen atoms in total. The lowest BCUT2D eigenvalue weighted by Gasteiger charge is -2.34. The second-order valence-corrected chi connectivity index (χ2v) is 7.21. The van der Waals surface area contributed by atoms with Crippen LogP contribution in [0.1, 0.15) is 34.6 Å². The normalized spacial score (nSPS) is 25.2. The fourth-order valence-electron chi connectivity index (χ4n) is 3.88. The molecule has 1 amide bonds. The first-order valence-corrected chi connectivity index (χ1v) is 8.91. The molecule has 4 rings (SSSR count). The lowest BCUT2D eigenvalue weighted by Crippen LogP contribution is -2.47. The summed E-state index contributed by atoms with van der Waals surface area (Å²) in [5.74, 6) is 0.831. The summed E-state index contributed by atoms with van der Waals surface area (Å²) in [6.45, 7) is 2.25. The maximum atomic E-state index is 13.0. The van der Waals surface area contributed by atoms with Gasteiger partial charge in [0.25, 0.3) is 5.91 Å². The molecule has 2 aliphatic rings. The molecule has 2 heterocycles. The Kier molecular flexibility index (Phi) is 3.96. The van der Waals surface area contributed by atoms with E-state index in [1.54, 1.807) is 12.1 Å². The highest BCUT2D eigenvalue weighted by molar-refractivity contribution is 7.07. The molecule has 1 saturated heterocycles. The molecule has 0 radical (unpaired) electrons. The van der Waals surface area contributed by atoms with Crippen LogP contribution in [0.2, 0.25) is 0 Å². The van der Waals surface area contributed by atoms with Crippen molar-refractivity contribution in [2.45, 2.75) is 38.3 Å². The van der Waals surface area contributed by atoms with Crippen LogP contribution in [0.3, 0.4) is 0 Å². The second kappa shape index (κ2) is 6.12. The van der Waals surface area contributed by atoms with E-state index in [2.05, 4.69) is 9.59 Å². The summed E-state index contributed by atoms with van der Waals surface area (Å²) in [4.78, 5) is 15.5. The lowest BCUT2D eigenvalue weighted by atomic mass is 9.99. The molecule has 2 bridgehead atoms. The van der Waals surface area contributed by atoms with Gasteiger partial charge in [-0.15, -0.1) is 5.10 Å². The number of piperidine rings is 1. The van der Waals surface area contributed by atoms with Gasteiger partial charge >= 0.3 is 0 Å². The fourth-order valence-corrected chi connectivity index (χ4v) is 4.48. The first-order valence-electron chi connectivity index (χ1n) is 8.13. The number of hydrogen-bond donors (Lipinski definition) is 0. The number of rotatable bonds is 4. The summed E-state index contributed by atoms with van der Waals surface area (Å²) >= 11 is 1.16. The summed E-state index contributed by atoms with van der Waals surface area (Å²) in [7, 11) is 0. The molecule has 1 aliphatic carbocycles. The molecule has 2 aromatic rings. The molecule has 2 fully saturated rings. The third kappa shape index (κ3) is 2.66. The van der Waals surface area contributed by atoms with Crippen molar-refractivity contribution in [3.05, 3.63) is 40.7 Å². The van der Waals surface area contributed by atoms with E-state index in [1.807, 2.05) is 11.8 Å². The number of hydrogen-bond acceptors (Lipinski definition) is 5. The van der Waals surface area contributed by atoms with E-state index < -0.39 is 0 Å². The van der Waals surface area contributed by atoms with Crippen molar-refractivity contribution in [1.29, 1.82) is 0 Å². The van der Waals surface area contributed by atoms with E-state index in [-0.39, 0.29) is 23.8 Å². The molecule has 1 saturated carbocycles. The average Bonchev–Trinajstić information content (AvgIpc) is 3.29. The van der Waals surface area contributed by atoms with Crippen LogP contribution >= 0.6 is 11.5 Å². The van der Waals surface area contributed by atoms with Gasteiger partial charge in [0, 0.05) is 6.04 Å². The van der Waals surface area contributed by atoms with Gasteiger partial charge in [-0.1, -0.05) is 4.49 Å². The summed E-state index contributed by atoms with van der Waals surface area (Å²) < 4.78 is 22.7. The smallest absolute Gasteiger partial charge is 0.268 e. The molecule has 7 heteroatoms. The number of nitrogens with zero attached hydrogens (tertiary/aromatic N) is 3. The summed E-state index contributed by atoms with van der Waals surface area (Å²) in [6, 6.07) is 6.34. The highest BCUT2D eigenvalue weighted by Gasteiger charge is 2.49. The van der Waals surface area contributed by atoms with E-state index in [9.17, 15) is 9.18 Å². The van der Waals surface area contributed by atoms with E-state index in [0.717, 1.165) is 30.8 Å². The maximum absolute atomic E-state index is 13.0. The highest BCUT2D eigenvalue weighted by atomic mass is 32.1. The van der Waals surface area contributed by atoms with Crippen LogP contribution in [0.5, 0.6) is 5.75 Å². The Balaban J connectivity index is 1.51. The number of aromatic nitrogens is 2. The predicted octanol–water partition coefficient (Wildman–Crippen LogP) is 3.06. The quantitative estimate of drug-likeness (QED) is 0.853. The van der Waals surface area contributed by atoms with Crippen molar-refractivity contribution in [2.75, 3.05) is 6.61 Å². The molecule has 2 unspecified atom stereocenters. The number of ether oxygens (including phenoxy) is 1. The first kappa shape index (κ1) is 15.5. The van der Waals surface area contributed by atoms with E-state index in [0.29, 0.717) is 28.8 Å². The van der Waals surface area contributed by atoms with Gasteiger partial charge in [0.15, 0.2) is 0 Å². The fraction of sp³-hybridized carbons (Fsp3) is 0.471. The zero-order valence-electron chi connectivity index (χ0n) is 13.3. The molecule has 3 atom stereocenters. The van der Waals surface area contributed by atoms with E-state index >= 15 is 0 Å². The molecule has 1 aromatic heterocycles. The van der Waals surface area contributed by atoms with Gasteiger partial charge < -0.3 is 9.64 Å². The van der Waals surface area contributed by atoms with Crippen LogP contribution in [0.15, 0.2) is 24.3 Å². The third-order valence-electron chi connectivity index (χ3n) is 5.06.